The van der Waals surface area contributed by atoms with Gasteiger partial charge in [-0.1, -0.05) is 12.0 Å². The molecule has 0 bridgehead atoms. The van der Waals surface area contributed by atoms with E-state index in [1.807, 2.05) is 0 Å². The fraction of sp³-hybridized carbons (Fsp3) is 0.636. The molecular formula is C11H15NO2. The number of nitrogens with zero attached hydrogens (tertiary/aromatic N) is 1. The van der Waals surface area contributed by atoms with Crippen molar-refractivity contribution in [2.45, 2.75) is 39.0 Å². The third-order valence-electron chi connectivity index (χ3n) is 2.44. The first-order valence-corrected chi connectivity index (χ1v) is 4.98. The summed E-state index contributed by atoms with van der Waals surface area (Å²) in [7, 11) is 0. The number of esters is 1. The summed E-state index contributed by atoms with van der Waals surface area (Å²) in [5, 5.41) is 8.89. The average molecular weight is 193 g/mol. The van der Waals surface area contributed by atoms with Gasteiger partial charge in [0.2, 0.25) is 0 Å². The van der Waals surface area contributed by atoms with Crippen molar-refractivity contribution in [3.05, 3.63) is 11.1 Å². The highest BCUT2D eigenvalue weighted by Gasteiger charge is 2.11. The molecule has 76 valence electrons. The van der Waals surface area contributed by atoms with Crippen molar-refractivity contribution in [3.63, 3.8) is 0 Å². The third-order valence-corrected chi connectivity index (χ3v) is 2.44. The Kier molecular flexibility index (Phi) is 4.18. The standard InChI is InChI=1S/C11H15NO2/c1-9(13)14-8-11(7-12)10-5-3-2-4-6-10/h2-6,8H2,1H3. The Morgan fingerprint density at radius 3 is 2.57 bits per heavy atom. The van der Waals surface area contributed by atoms with Gasteiger partial charge in [-0.2, -0.15) is 5.26 Å². The average Bonchev–Trinajstić information content (AvgIpc) is 2.20. The van der Waals surface area contributed by atoms with Gasteiger partial charge in [-0.25, -0.2) is 0 Å². The van der Waals surface area contributed by atoms with Crippen LogP contribution in [0.2, 0.25) is 0 Å². The van der Waals surface area contributed by atoms with Gasteiger partial charge in [-0.3, -0.25) is 4.79 Å². The van der Waals surface area contributed by atoms with Crippen LogP contribution in [0.3, 0.4) is 0 Å². The van der Waals surface area contributed by atoms with Gasteiger partial charge in [0.05, 0.1) is 11.6 Å². The maximum atomic E-state index is 10.6. The van der Waals surface area contributed by atoms with E-state index in [0.29, 0.717) is 5.57 Å². The van der Waals surface area contributed by atoms with Gasteiger partial charge in [-0.05, 0) is 25.7 Å². The highest BCUT2D eigenvalue weighted by atomic mass is 16.5. The van der Waals surface area contributed by atoms with E-state index in [9.17, 15) is 4.79 Å². The summed E-state index contributed by atoms with van der Waals surface area (Å²) < 4.78 is 4.83. The van der Waals surface area contributed by atoms with E-state index in [1.165, 1.54) is 18.9 Å². The number of allylic oxidation sites excluding steroid dienone is 1. The smallest absolute Gasteiger partial charge is 0.302 e. The molecule has 0 unspecified atom stereocenters. The van der Waals surface area contributed by atoms with Crippen molar-refractivity contribution in [2.75, 3.05) is 6.61 Å². The predicted molar refractivity (Wildman–Crippen MR) is 52.4 cm³/mol. The minimum atomic E-state index is -0.325. The monoisotopic (exact) mass is 193 g/mol. The quantitative estimate of drug-likeness (QED) is 0.499. The van der Waals surface area contributed by atoms with Crippen LogP contribution in [-0.2, 0) is 9.53 Å². The molecule has 0 saturated heterocycles. The molecular weight excluding hydrogens is 178 g/mol. The first kappa shape index (κ1) is 10.8. The van der Waals surface area contributed by atoms with Gasteiger partial charge >= 0.3 is 5.97 Å². The normalized spacial score (nSPS) is 15.9. The second kappa shape index (κ2) is 5.43. The largest absolute Gasteiger partial charge is 0.460 e. The van der Waals surface area contributed by atoms with Crippen LogP contribution in [0.1, 0.15) is 39.0 Å². The maximum Gasteiger partial charge on any atom is 0.302 e. The zero-order valence-electron chi connectivity index (χ0n) is 8.51. The van der Waals surface area contributed by atoms with Crippen molar-refractivity contribution in [1.82, 2.24) is 0 Å². The summed E-state index contributed by atoms with van der Waals surface area (Å²) in [6.45, 7) is 1.52. The fourth-order valence-electron chi connectivity index (χ4n) is 1.67. The molecule has 1 rings (SSSR count). The molecule has 0 radical (unpaired) electrons. The Labute approximate surface area is 84.4 Å². The van der Waals surface area contributed by atoms with Gasteiger partial charge in [0.25, 0.3) is 0 Å². The van der Waals surface area contributed by atoms with Gasteiger partial charge in [0.15, 0.2) is 0 Å². The summed E-state index contributed by atoms with van der Waals surface area (Å²) in [4.78, 5) is 10.6. The van der Waals surface area contributed by atoms with Crippen molar-refractivity contribution >= 4 is 5.97 Å². The molecule has 0 spiro atoms. The van der Waals surface area contributed by atoms with Crippen LogP contribution in [0.4, 0.5) is 0 Å². The van der Waals surface area contributed by atoms with Crippen molar-refractivity contribution in [2.24, 2.45) is 0 Å². The van der Waals surface area contributed by atoms with Gasteiger partial charge in [0, 0.05) is 6.92 Å². The lowest BCUT2D eigenvalue weighted by molar-refractivity contribution is -0.139. The molecule has 1 aliphatic rings. The molecule has 0 N–H and O–H groups in total. The molecule has 3 nitrogen and oxygen atoms in total. The Bertz CT molecular complexity index is 278. The van der Waals surface area contributed by atoms with Crippen LogP contribution in [0.25, 0.3) is 0 Å². The van der Waals surface area contributed by atoms with Crippen LogP contribution >= 0.6 is 0 Å². The van der Waals surface area contributed by atoms with E-state index in [4.69, 9.17) is 10.00 Å². The van der Waals surface area contributed by atoms with Crippen LogP contribution in [-0.4, -0.2) is 12.6 Å². The summed E-state index contributed by atoms with van der Waals surface area (Å²) in [6, 6.07) is 2.13. The predicted octanol–water partition coefficient (Wildman–Crippen LogP) is 2.33. The van der Waals surface area contributed by atoms with E-state index in [2.05, 4.69) is 6.07 Å². The number of nitriles is 1. The van der Waals surface area contributed by atoms with Crippen LogP contribution < -0.4 is 0 Å². The molecule has 0 aliphatic heterocycles. The number of hydrogen-bond donors (Lipinski definition) is 0. The molecule has 0 heterocycles. The number of ether oxygens (including phenoxy) is 1. The maximum absolute atomic E-state index is 10.6. The summed E-state index contributed by atoms with van der Waals surface area (Å²) in [5.41, 5.74) is 1.83. The topological polar surface area (TPSA) is 50.1 Å². The summed E-state index contributed by atoms with van der Waals surface area (Å²) in [5.74, 6) is -0.325. The van der Waals surface area contributed by atoms with Gasteiger partial charge in [0.1, 0.15) is 6.61 Å². The van der Waals surface area contributed by atoms with Crippen molar-refractivity contribution in [1.29, 1.82) is 5.26 Å². The molecule has 0 aromatic carbocycles. The highest BCUT2D eigenvalue weighted by Crippen LogP contribution is 2.25. The number of carbonyl (C=O) groups excluding carboxylic acids is 1. The van der Waals surface area contributed by atoms with Crippen LogP contribution in [0.15, 0.2) is 11.1 Å². The Morgan fingerprint density at radius 2 is 2.07 bits per heavy atom. The number of rotatable bonds is 2. The second-order valence-electron chi connectivity index (χ2n) is 3.53. The Morgan fingerprint density at radius 1 is 1.43 bits per heavy atom. The zero-order chi connectivity index (χ0) is 10.4. The lowest BCUT2D eigenvalue weighted by atomic mass is 9.91. The summed E-state index contributed by atoms with van der Waals surface area (Å²) >= 11 is 0. The SMILES string of the molecule is CC(=O)OCC(C#N)=C1CCCCC1. The van der Waals surface area contributed by atoms with E-state index in [1.54, 1.807) is 0 Å². The molecule has 0 aromatic heterocycles. The van der Waals surface area contributed by atoms with E-state index >= 15 is 0 Å². The zero-order valence-corrected chi connectivity index (χ0v) is 8.51. The number of hydrogen-bond acceptors (Lipinski definition) is 3. The number of carbonyl (C=O) groups is 1. The van der Waals surface area contributed by atoms with Gasteiger partial charge in [-0.15, -0.1) is 0 Å². The molecule has 0 aromatic rings. The molecule has 0 amide bonds. The Hall–Kier alpha value is -1.30. The van der Waals surface area contributed by atoms with Crippen LogP contribution in [0.5, 0.6) is 0 Å². The third kappa shape index (κ3) is 3.21. The molecule has 1 aliphatic carbocycles. The van der Waals surface area contributed by atoms with Crippen LogP contribution in [0, 0.1) is 11.3 Å². The molecule has 3 heteroatoms. The highest BCUT2D eigenvalue weighted by molar-refractivity contribution is 5.66. The van der Waals surface area contributed by atoms with Crippen molar-refractivity contribution in [3.8, 4) is 6.07 Å². The lowest BCUT2D eigenvalue weighted by Gasteiger charge is -2.15. The van der Waals surface area contributed by atoms with Gasteiger partial charge < -0.3 is 4.74 Å². The second-order valence-corrected chi connectivity index (χ2v) is 3.53. The van der Waals surface area contributed by atoms with E-state index in [0.717, 1.165) is 25.7 Å². The lowest BCUT2D eigenvalue weighted by Crippen LogP contribution is -2.06. The molecule has 0 atom stereocenters. The summed E-state index contributed by atoms with van der Waals surface area (Å²) in [6.07, 6.45) is 5.53. The molecule has 1 fully saturated rings. The first-order chi connectivity index (χ1) is 6.74. The minimum absolute atomic E-state index is 0.154. The fourth-order valence-corrected chi connectivity index (χ4v) is 1.67. The Balaban J connectivity index is 2.59. The van der Waals surface area contributed by atoms with E-state index < -0.39 is 0 Å². The minimum Gasteiger partial charge on any atom is -0.460 e. The molecule has 1 saturated carbocycles. The van der Waals surface area contributed by atoms with E-state index in [-0.39, 0.29) is 12.6 Å². The molecule has 14 heavy (non-hydrogen) atoms. The first-order valence-electron chi connectivity index (χ1n) is 4.98. The van der Waals surface area contributed by atoms with Crippen molar-refractivity contribution < 1.29 is 9.53 Å².